The van der Waals surface area contributed by atoms with E-state index in [2.05, 4.69) is 38.6 Å². The van der Waals surface area contributed by atoms with Crippen LogP contribution in [0.5, 0.6) is 5.75 Å². The molecule has 0 saturated heterocycles. The van der Waals surface area contributed by atoms with Crippen molar-refractivity contribution >= 4 is 38.7 Å². The Balaban J connectivity index is 1.25. The van der Waals surface area contributed by atoms with Crippen molar-refractivity contribution in [2.75, 3.05) is 43.2 Å². The Bertz CT molecular complexity index is 1850. The average Bonchev–Trinajstić information content (AvgIpc) is 3.55. The fourth-order valence-corrected chi connectivity index (χ4v) is 10.4. The van der Waals surface area contributed by atoms with E-state index in [1.165, 1.54) is 11.1 Å². The van der Waals surface area contributed by atoms with E-state index < -0.39 is 15.6 Å². The molecule has 49 heavy (non-hydrogen) atoms. The summed E-state index contributed by atoms with van der Waals surface area (Å²) >= 11 is 6.45. The lowest BCUT2D eigenvalue weighted by Crippen LogP contribution is -2.49. The molecule has 260 valence electrons. The first-order chi connectivity index (χ1) is 23.7. The second-order valence-corrected chi connectivity index (χ2v) is 17.0. The molecule has 2 bridgehead atoms. The maximum atomic E-state index is 14.3. The van der Waals surface area contributed by atoms with Crippen LogP contribution in [0.4, 0.5) is 5.69 Å². The van der Waals surface area contributed by atoms with Crippen LogP contribution < -0.4 is 9.64 Å². The van der Waals surface area contributed by atoms with Gasteiger partial charge in [0.15, 0.2) is 0 Å². The molecule has 1 amide bonds. The number of hydrogen-bond donors (Lipinski definition) is 0. The molecule has 2 aliphatic heterocycles. The number of fused-ring (bicyclic) bond motifs is 4. The molecule has 1 fully saturated rings. The molecule has 1 aromatic heterocycles. The van der Waals surface area contributed by atoms with Crippen LogP contribution in [0, 0.1) is 11.8 Å². The van der Waals surface area contributed by atoms with Gasteiger partial charge in [0, 0.05) is 67.3 Å². The molecule has 4 aliphatic rings. The van der Waals surface area contributed by atoms with Gasteiger partial charge in [0.2, 0.25) is 0 Å². The van der Waals surface area contributed by atoms with Crippen LogP contribution in [0.2, 0.25) is 5.02 Å². The number of hydrogen-bond acceptors (Lipinski definition) is 7. The Kier molecular flexibility index (Phi) is 10.00. The Morgan fingerprint density at radius 3 is 2.88 bits per heavy atom. The summed E-state index contributed by atoms with van der Waals surface area (Å²) in [6, 6.07) is 13.5. The van der Waals surface area contributed by atoms with E-state index in [-0.39, 0.29) is 35.2 Å². The smallest absolute Gasteiger partial charge is 0.285 e. The number of carbonyl (C=O) groups excluding carboxylic acids is 2. The molecule has 0 N–H and O–H groups in total. The summed E-state index contributed by atoms with van der Waals surface area (Å²) in [5.74, 6) is 0.642. The summed E-state index contributed by atoms with van der Waals surface area (Å²) < 4.78 is 33.0. The molecule has 1 saturated carbocycles. The molecule has 3 aromatic rings. The zero-order valence-electron chi connectivity index (χ0n) is 28.1. The van der Waals surface area contributed by atoms with Crippen molar-refractivity contribution in [3.63, 3.8) is 0 Å². The fourth-order valence-electron chi connectivity index (χ4n) is 8.19. The number of carbonyl (C=O) groups is 2. The number of ether oxygens (including phenoxy) is 2. The number of aromatic nitrogens is 2. The van der Waals surface area contributed by atoms with Crippen LogP contribution in [-0.2, 0) is 37.6 Å². The summed E-state index contributed by atoms with van der Waals surface area (Å²) in [6.07, 6.45) is 14.2. The van der Waals surface area contributed by atoms with E-state index in [1.54, 1.807) is 36.3 Å². The van der Waals surface area contributed by atoms with Gasteiger partial charge in [-0.05, 0) is 104 Å². The number of amides is 1. The van der Waals surface area contributed by atoms with Gasteiger partial charge in [0.25, 0.3) is 5.91 Å². The minimum absolute atomic E-state index is 0.0216. The summed E-state index contributed by atoms with van der Waals surface area (Å²) in [5, 5.41) is 4.91. The van der Waals surface area contributed by atoms with Crippen LogP contribution in [-0.4, -0.2) is 70.1 Å². The highest BCUT2D eigenvalue weighted by molar-refractivity contribution is 7.94. The van der Waals surface area contributed by atoms with Crippen molar-refractivity contribution in [3.8, 4) is 5.75 Å². The highest BCUT2D eigenvalue weighted by Gasteiger charge is 2.44. The van der Waals surface area contributed by atoms with Gasteiger partial charge in [-0.3, -0.25) is 14.3 Å². The predicted octanol–water partition coefficient (Wildman–Crippen LogP) is 6.67. The topological polar surface area (TPSA) is 103 Å². The van der Waals surface area contributed by atoms with Crippen LogP contribution in [0.3, 0.4) is 0 Å². The Labute approximate surface area is 294 Å². The normalized spacial score (nSPS) is 29.1. The summed E-state index contributed by atoms with van der Waals surface area (Å²) in [5.41, 5.74) is 3.52. The number of halogens is 1. The lowest BCUT2D eigenvalue weighted by molar-refractivity contribution is -0.116. The number of Topliss-reactive ketones (excluding diaryl/α,β-unsaturated/α-hetero) is 1. The van der Waals surface area contributed by atoms with Gasteiger partial charge in [-0.15, -0.1) is 0 Å². The van der Waals surface area contributed by atoms with Crippen molar-refractivity contribution in [1.82, 2.24) is 9.78 Å². The largest absolute Gasteiger partial charge is 0.490 e. The van der Waals surface area contributed by atoms with Crippen molar-refractivity contribution in [3.05, 3.63) is 88.7 Å². The first-order valence-electron chi connectivity index (χ1n) is 17.5. The predicted molar refractivity (Wildman–Crippen MR) is 192 cm³/mol. The zero-order valence-corrected chi connectivity index (χ0v) is 29.7. The van der Waals surface area contributed by atoms with E-state index in [0.29, 0.717) is 43.4 Å². The molecule has 9 nitrogen and oxygen atoms in total. The summed E-state index contributed by atoms with van der Waals surface area (Å²) in [4.78, 5) is 29.3. The molecule has 2 aliphatic carbocycles. The number of ketones is 1. The maximum Gasteiger partial charge on any atom is 0.285 e. The van der Waals surface area contributed by atoms with Crippen molar-refractivity contribution < 1.29 is 23.3 Å². The van der Waals surface area contributed by atoms with Gasteiger partial charge in [-0.2, -0.15) is 9.46 Å². The first kappa shape index (κ1) is 34.0. The molecule has 11 heteroatoms. The van der Waals surface area contributed by atoms with Crippen LogP contribution in [0.1, 0.15) is 66.4 Å². The number of aryl methyl sites for hydroxylation is 2. The number of benzene rings is 2. The second-order valence-electron chi connectivity index (χ2n) is 14.1. The van der Waals surface area contributed by atoms with E-state index in [0.717, 1.165) is 61.7 Å². The number of nitrogens with zero attached hydrogens (tertiary/aromatic N) is 4. The van der Waals surface area contributed by atoms with E-state index in [4.69, 9.17) is 21.1 Å². The van der Waals surface area contributed by atoms with E-state index in [9.17, 15) is 13.8 Å². The van der Waals surface area contributed by atoms with Crippen molar-refractivity contribution in [2.24, 2.45) is 16.2 Å². The van der Waals surface area contributed by atoms with Crippen molar-refractivity contribution in [1.29, 1.82) is 0 Å². The van der Waals surface area contributed by atoms with E-state index in [1.807, 2.05) is 18.2 Å². The van der Waals surface area contributed by atoms with Crippen LogP contribution in [0.15, 0.2) is 71.4 Å². The Morgan fingerprint density at radius 1 is 1.18 bits per heavy atom. The van der Waals surface area contributed by atoms with Gasteiger partial charge < -0.3 is 14.4 Å². The Hall–Kier alpha value is -3.47. The van der Waals surface area contributed by atoms with Crippen molar-refractivity contribution in [2.45, 2.75) is 69.4 Å². The average molecular weight is 705 g/mol. The SMILES string of the molecule is CO[C@H]1/C=C/CCC[S@@](=O)(CC(=O)CCn2cccn2)=NC(=O)c2ccc3c(c2)N(C[C@@H]2CC[C@H]21)C[C@@]1(CCCc2cc(Cl)ccc21)CO3. The first-order valence-corrected chi connectivity index (χ1v) is 19.7. The molecule has 5 atom stereocenters. The maximum absolute atomic E-state index is 14.3. The van der Waals surface area contributed by atoms with Gasteiger partial charge in [-0.25, -0.2) is 4.21 Å². The Morgan fingerprint density at radius 2 is 2.08 bits per heavy atom. The van der Waals surface area contributed by atoms with E-state index >= 15 is 0 Å². The molecule has 1 spiro atoms. The van der Waals surface area contributed by atoms with Gasteiger partial charge >= 0.3 is 0 Å². The summed E-state index contributed by atoms with van der Waals surface area (Å²) in [6.45, 7) is 2.45. The number of methoxy groups -OCH3 is 1. The van der Waals surface area contributed by atoms with Crippen LogP contribution >= 0.6 is 11.6 Å². The highest BCUT2D eigenvalue weighted by Crippen LogP contribution is 2.47. The lowest BCUT2D eigenvalue weighted by Gasteiger charge is -2.46. The minimum atomic E-state index is -3.16. The zero-order chi connectivity index (χ0) is 34.0. The van der Waals surface area contributed by atoms with Crippen LogP contribution in [0.25, 0.3) is 0 Å². The second kappa shape index (κ2) is 14.4. The standard InChI is InChI=1S/C38H45ClN4O5S/c1-47-35-8-3-2-4-20-49(46,24-31(44)15-19-43-18-6-17-40-43)41-37(45)28-10-14-36-34(22-28)42(23-29-9-12-32(29)35)25-38(26-48-36)16-5-7-27-21-30(39)11-13-33(27)38/h3,6,8,10-11,13-14,17-18,21-22,29,32,35H,2,4-5,7,9,12,15-16,19-20,23-26H2,1H3/b8-3+/t29-,32+,35-,38-,49+/m0/s1. The molecular weight excluding hydrogens is 660 g/mol. The lowest BCUT2D eigenvalue weighted by atomic mass is 9.68. The molecule has 0 unspecified atom stereocenters. The third-order valence-electron chi connectivity index (χ3n) is 10.9. The van der Waals surface area contributed by atoms with Gasteiger partial charge in [0.1, 0.15) is 11.5 Å². The number of allylic oxidation sites excluding steroid dienone is 1. The third kappa shape index (κ3) is 7.37. The van der Waals surface area contributed by atoms with Gasteiger partial charge in [0.05, 0.1) is 33.9 Å². The minimum Gasteiger partial charge on any atom is -0.490 e. The number of rotatable bonds is 6. The fraction of sp³-hybridized carbons (Fsp3) is 0.500. The molecular formula is C38H45ClN4O5S. The monoisotopic (exact) mass is 704 g/mol. The summed E-state index contributed by atoms with van der Waals surface area (Å²) in [7, 11) is -1.39. The number of anilines is 1. The quantitative estimate of drug-likeness (QED) is 0.264. The molecule has 3 heterocycles. The molecule has 7 rings (SSSR count). The third-order valence-corrected chi connectivity index (χ3v) is 13.3. The van der Waals surface area contributed by atoms with Gasteiger partial charge in [-0.1, -0.05) is 29.8 Å². The molecule has 0 radical (unpaired) electrons. The highest BCUT2D eigenvalue weighted by atomic mass is 35.5. The molecule has 2 aromatic carbocycles.